The van der Waals surface area contributed by atoms with Crippen molar-refractivity contribution >= 4 is 5.82 Å². The maximum atomic E-state index is 5.88. The Labute approximate surface area is 171 Å². The summed E-state index contributed by atoms with van der Waals surface area (Å²) in [4.78, 5) is 10.8. The van der Waals surface area contributed by atoms with Gasteiger partial charge in [0.1, 0.15) is 17.3 Å². The van der Waals surface area contributed by atoms with Gasteiger partial charge >= 0.3 is 0 Å². The zero-order valence-electron chi connectivity index (χ0n) is 16.1. The second kappa shape index (κ2) is 9.51. The Morgan fingerprint density at radius 1 is 0.759 bits per heavy atom. The number of hydrogen-bond acceptors (Lipinski definition) is 4. The van der Waals surface area contributed by atoms with Gasteiger partial charge in [-0.25, -0.2) is 4.98 Å². The fourth-order valence-corrected chi connectivity index (χ4v) is 3.07. The van der Waals surface area contributed by atoms with Crippen molar-refractivity contribution < 1.29 is 4.74 Å². The lowest BCUT2D eigenvalue weighted by atomic mass is 10.1. The van der Waals surface area contributed by atoms with Crippen LogP contribution >= 0.6 is 0 Å². The monoisotopic (exact) mass is 380 g/mol. The molecule has 0 atom stereocenters. The molecule has 0 aliphatic rings. The van der Waals surface area contributed by atoms with Gasteiger partial charge in [-0.1, -0.05) is 30.3 Å². The van der Waals surface area contributed by atoms with Gasteiger partial charge in [-0.3, -0.25) is 4.98 Å². The second-order valence-electron chi connectivity index (χ2n) is 6.69. The van der Waals surface area contributed by atoms with Gasteiger partial charge in [0.05, 0.1) is 0 Å². The first-order chi connectivity index (χ1) is 14.4. The Bertz CT molecular complexity index is 990. The summed E-state index contributed by atoms with van der Waals surface area (Å²) in [7, 11) is 0. The summed E-state index contributed by atoms with van der Waals surface area (Å²) in [5, 5.41) is 0. The van der Waals surface area contributed by atoms with E-state index in [2.05, 4.69) is 33.1 Å². The second-order valence-corrected chi connectivity index (χ2v) is 6.69. The molecule has 0 aliphatic carbocycles. The van der Waals surface area contributed by atoms with Crippen molar-refractivity contribution in [2.24, 2.45) is 0 Å². The minimum absolute atomic E-state index is 0.769. The smallest absolute Gasteiger partial charge is 0.136 e. The minimum atomic E-state index is 0.769. The molecule has 4 nitrogen and oxygen atoms in total. The SMILES string of the molecule is [c]1cccnc1N(CCc1ccc(Oc2ccccc2)cc1)Cc1ccncc1. The molecule has 2 aromatic heterocycles. The Hall–Kier alpha value is -3.66. The number of para-hydroxylation sites is 1. The fourth-order valence-electron chi connectivity index (χ4n) is 3.07. The maximum Gasteiger partial charge on any atom is 0.136 e. The lowest BCUT2D eigenvalue weighted by Crippen LogP contribution is -2.26. The van der Waals surface area contributed by atoms with Crippen LogP contribution in [0.1, 0.15) is 11.1 Å². The number of nitrogens with zero attached hydrogens (tertiary/aromatic N) is 3. The first kappa shape index (κ1) is 18.7. The molecule has 0 saturated heterocycles. The Morgan fingerprint density at radius 3 is 2.24 bits per heavy atom. The Morgan fingerprint density at radius 2 is 1.52 bits per heavy atom. The average Bonchev–Trinajstić information content (AvgIpc) is 2.79. The molecule has 0 saturated carbocycles. The van der Waals surface area contributed by atoms with Crippen molar-refractivity contribution in [3.63, 3.8) is 0 Å². The third-order valence-electron chi connectivity index (χ3n) is 4.59. The van der Waals surface area contributed by atoms with E-state index in [4.69, 9.17) is 4.74 Å². The highest BCUT2D eigenvalue weighted by molar-refractivity contribution is 5.39. The van der Waals surface area contributed by atoms with Crippen LogP contribution in [0.25, 0.3) is 0 Å². The third kappa shape index (κ3) is 5.42. The first-order valence-electron chi connectivity index (χ1n) is 9.65. The van der Waals surface area contributed by atoms with Gasteiger partial charge in [-0.05, 0) is 66.1 Å². The molecule has 143 valence electrons. The van der Waals surface area contributed by atoms with E-state index >= 15 is 0 Å². The lowest BCUT2D eigenvalue weighted by Gasteiger charge is -2.23. The van der Waals surface area contributed by atoms with Crippen molar-refractivity contribution in [2.45, 2.75) is 13.0 Å². The zero-order valence-corrected chi connectivity index (χ0v) is 16.1. The zero-order chi connectivity index (χ0) is 19.7. The molecule has 4 aromatic rings. The molecule has 0 N–H and O–H groups in total. The van der Waals surface area contributed by atoms with Gasteiger partial charge in [0.15, 0.2) is 0 Å². The van der Waals surface area contributed by atoms with Crippen molar-refractivity contribution in [3.8, 4) is 11.5 Å². The summed E-state index contributed by atoms with van der Waals surface area (Å²) in [5.74, 6) is 2.54. The van der Waals surface area contributed by atoms with Crippen LogP contribution in [0.4, 0.5) is 5.82 Å². The van der Waals surface area contributed by atoms with Crippen LogP contribution in [-0.2, 0) is 13.0 Å². The van der Waals surface area contributed by atoms with Crippen LogP contribution in [-0.4, -0.2) is 16.5 Å². The van der Waals surface area contributed by atoms with Crippen LogP contribution in [0, 0.1) is 6.07 Å². The van der Waals surface area contributed by atoms with E-state index in [1.807, 2.05) is 79.1 Å². The number of anilines is 1. The van der Waals surface area contributed by atoms with E-state index in [1.54, 1.807) is 6.20 Å². The number of pyridine rings is 2. The largest absolute Gasteiger partial charge is 0.457 e. The Kier molecular flexibility index (Phi) is 6.13. The van der Waals surface area contributed by atoms with Crippen LogP contribution in [0.15, 0.2) is 97.5 Å². The molecular formula is C25H22N3O. The molecule has 0 bridgehead atoms. The van der Waals surface area contributed by atoms with E-state index in [0.29, 0.717) is 0 Å². The van der Waals surface area contributed by atoms with Crippen LogP contribution in [0.5, 0.6) is 11.5 Å². The molecular weight excluding hydrogens is 358 g/mol. The van der Waals surface area contributed by atoms with Gasteiger partial charge in [0, 0.05) is 37.7 Å². The van der Waals surface area contributed by atoms with E-state index < -0.39 is 0 Å². The quantitative estimate of drug-likeness (QED) is 0.415. The standard InChI is InChI=1S/C25H22N3O/c1-2-6-23(7-3-1)29-24-11-9-21(10-12-24)15-19-28(25-8-4-5-16-27-25)20-22-13-17-26-18-14-22/h1-7,9-14,16-18H,15,19-20H2. The average molecular weight is 380 g/mol. The summed E-state index contributed by atoms with van der Waals surface area (Å²) >= 11 is 0. The van der Waals surface area contributed by atoms with Crippen molar-refractivity contribution in [1.29, 1.82) is 0 Å². The molecule has 2 aromatic carbocycles. The van der Waals surface area contributed by atoms with Gasteiger partial charge in [0.2, 0.25) is 0 Å². The van der Waals surface area contributed by atoms with E-state index in [0.717, 1.165) is 36.8 Å². The molecule has 0 spiro atoms. The molecule has 4 heteroatoms. The predicted molar refractivity (Wildman–Crippen MR) is 115 cm³/mol. The van der Waals surface area contributed by atoms with E-state index in [1.165, 1.54) is 11.1 Å². The topological polar surface area (TPSA) is 38.2 Å². The van der Waals surface area contributed by atoms with Gasteiger partial charge in [-0.2, -0.15) is 0 Å². The molecule has 1 radical (unpaired) electrons. The Balaban J connectivity index is 1.41. The van der Waals surface area contributed by atoms with Crippen LogP contribution < -0.4 is 9.64 Å². The highest BCUT2D eigenvalue weighted by atomic mass is 16.5. The van der Waals surface area contributed by atoms with Crippen LogP contribution in [0.3, 0.4) is 0 Å². The summed E-state index contributed by atoms with van der Waals surface area (Å²) in [6.07, 6.45) is 6.35. The third-order valence-corrected chi connectivity index (χ3v) is 4.59. The highest BCUT2D eigenvalue weighted by Gasteiger charge is 2.09. The molecule has 0 amide bonds. The highest BCUT2D eigenvalue weighted by Crippen LogP contribution is 2.22. The number of hydrogen-bond donors (Lipinski definition) is 0. The molecule has 4 rings (SSSR count). The number of ether oxygens (including phenoxy) is 1. The summed E-state index contributed by atoms with van der Waals surface area (Å²) in [5.41, 5.74) is 2.45. The van der Waals surface area contributed by atoms with Gasteiger partial charge < -0.3 is 9.64 Å². The minimum Gasteiger partial charge on any atom is -0.457 e. The number of benzene rings is 2. The van der Waals surface area contributed by atoms with E-state index in [-0.39, 0.29) is 0 Å². The molecule has 0 aliphatic heterocycles. The van der Waals surface area contributed by atoms with Gasteiger partial charge in [-0.15, -0.1) is 0 Å². The predicted octanol–water partition coefficient (Wildman–Crippen LogP) is 5.32. The first-order valence-corrected chi connectivity index (χ1v) is 9.65. The number of aromatic nitrogens is 2. The fraction of sp³-hybridized carbons (Fsp3) is 0.120. The summed E-state index contributed by atoms with van der Waals surface area (Å²) < 4.78 is 5.88. The molecule has 2 heterocycles. The van der Waals surface area contributed by atoms with Crippen LogP contribution in [0.2, 0.25) is 0 Å². The van der Waals surface area contributed by atoms with Crippen molar-refractivity contribution in [3.05, 3.63) is 115 Å². The molecule has 0 fully saturated rings. The molecule has 0 unspecified atom stereocenters. The van der Waals surface area contributed by atoms with Crippen molar-refractivity contribution in [2.75, 3.05) is 11.4 Å². The number of rotatable bonds is 8. The van der Waals surface area contributed by atoms with E-state index in [9.17, 15) is 0 Å². The maximum absolute atomic E-state index is 5.88. The molecule has 29 heavy (non-hydrogen) atoms. The van der Waals surface area contributed by atoms with Gasteiger partial charge in [0.25, 0.3) is 0 Å². The van der Waals surface area contributed by atoms with Crippen molar-refractivity contribution in [1.82, 2.24) is 9.97 Å². The lowest BCUT2D eigenvalue weighted by molar-refractivity contribution is 0.482. The summed E-state index contributed by atoms with van der Waals surface area (Å²) in [6, 6.07) is 29.2. The summed E-state index contributed by atoms with van der Waals surface area (Å²) in [6.45, 7) is 1.61. The normalized spacial score (nSPS) is 10.5.